The van der Waals surface area contributed by atoms with Crippen molar-refractivity contribution in [2.45, 2.75) is 26.3 Å². The zero-order valence-corrected chi connectivity index (χ0v) is 17.7. The van der Waals surface area contributed by atoms with Gasteiger partial charge >= 0.3 is 0 Å². The van der Waals surface area contributed by atoms with E-state index in [1.807, 2.05) is 25.1 Å². The summed E-state index contributed by atoms with van der Waals surface area (Å²) in [5, 5.41) is 0. The third kappa shape index (κ3) is 4.67. The molecule has 0 saturated carbocycles. The van der Waals surface area contributed by atoms with Crippen LogP contribution in [-0.4, -0.2) is 61.8 Å². The van der Waals surface area contributed by atoms with Crippen LogP contribution in [0, 0.1) is 0 Å². The Bertz CT molecular complexity index is 829. The lowest BCUT2D eigenvalue weighted by Crippen LogP contribution is -2.47. The van der Waals surface area contributed by atoms with E-state index in [2.05, 4.69) is 41.0 Å². The summed E-state index contributed by atoms with van der Waals surface area (Å²) in [4.78, 5) is 31.1. The normalized spacial score (nSPS) is 15.8. The predicted octanol–water partition coefficient (Wildman–Crippen LogP) is 3.86. The van der Waals surface area contributed by atoms with Gasteiger partial charge in [0, 0.05) is 51.4 Å². The molecular formula is C24H31N3O2. The maximum Gasteiger partial charge on any atom is 0.256 e. The van der Waals surface area contributed by atoms with Crippen LogP contribution >= 0.6 is 0 Å². The molecule has 1 atom stereocenters. The number of carbonyl (C=O) groups excluding carboxylic acids is 2. The smallest absolute Gasteiger partial charge is 0.256 e. The van der Waals surface area contributed by atoms with Crippen LogP contribution in [0.25, 0.3) is 0 Å². The molecule has 0 spiro atoms. The van der Waals surface area contributed by atoms with Crippen LogP contribution < -0.4 is 4.90 Å². The molecule has 3 rings (SSSR count). The van der Waals surface area contributed by atoms with Crippen molar-refractivity contribution in [1.29, 1.82) is 0 Å². The molecule has 0 radical (unpaired) electrons. The average Bonchev–Trinajstić information content (AvgIpc) is 2.78. The Morgan fingerprint density at radius 1 is 1.07 bits per heavy atom. The number of hydrogen-bond donors (Lipinski definition) is 0. The molecule has 1 saturated heterocycles. The number of piperazine rings is 1. The number of rotatable bonds is 7. The highest BCUT2D eigenvalue weighted by Gasteiger charge is 2.27. The van der Waals surface area contributed by atoms with E-state index in [4.69, 9.17) is 0 Å². The highest BCUT2D eigenvalue weighted by molar-refractivity contribution is 6.06. The van der Waals surface area contributed by atoms with E-state index >= 15 is 0 Å². The van der Waals surface area contributed by atoms with Crippen LogP contribution in [0.5, 0.6) is 0 Å². The minimum atomic E-state index is -0.0790. The summed E-state index contributed by atoms with van der Waals surface area (Å²) < 4.78 is 0. The third-order valence-electron chi connectivity index (χ3n) is 5.81. The largest absolute Gasteiger partial charge is 0.368 e. The van der Waals surface area contributed by atoms with Crippen LogP contribution in [0.3, 0.4) is 0 Å². The molecule has 2 aromatic rings. The molecule has 2 aromatic carbocycles. The van der Waals surface area contributed by atoms with E-state index in [1.165, 1.54) is 5.56 Å². The molecule has 29 heavy (non-hydrogen) atoms. The van der Waals surface area contributed by atoms with Gasteiger partial charge in [-0.05, 0) is 25.0 Å². The zero-order valence-electron chi connectivity index (χ0n) is 17.7. The molecule has 0 bridgehead atoms. The molecule has 0 N–H and O–H groups in total. The monoisotopic (exact) mass is 393 g/mol. The molecule has 1 fully saturated rings. The van der Waals surface area contributed by atoms with Crippen LogP contribution in [0.1, 0.15) is 52.6 Å². The van der Waals surface area contributed by atoms with Gasteiger partial charge in [-0.2, -0.15) is 0 Å². The van der Waals surface area contributed by atoms with Gasteiger partial charge < -0.3 is 9.80 Å². The summed E-state index contributed by atoms with van der Waals surface area (Å²) in [6.45, 7) is 8.46. The van der Waals surface area contributed by atoms with Crippen molar-refractivity contribution in [2.75, 3.05) is 44.7 Å². The van der Waals surface area contributed by atoms with E-state index in [9.17, 15) is 9.59 Å². The first-order valence-electron chi connectivity index (χ1n) is 10.4. The van der Waals surface area contributed by atoms with E-state index in [0.29, 0.717) is 23.7 Å². The summed E-state index contributed by atoms with van der Waals surface area (Å²) in [7, 11) is 1.80. The van der Waals surface area contributed by atoms with Crippen LogP contribution in [0.15, 0.2) is 48.5 Å². The molecular weight excluding hydrogens is 362 g/mol. The van der Waals surface area contributed by atoms with Crippen molar-refractivity contribution in [3.05, 3.63) is 65.2 Å². The van der Waals surface area contributed by atoms with Crippen molar-refractivity contribution < 1.29 is 9.59 Å². The second-order valence-electron chi connectivity index (χ2n) is 7.70. The number of amides is 1. The van der Waals surface area contributed by atoms with Gasteiger partial charge in [0.2, 0.25) is 0 Å². The van der Waals surface area contributed by atoms with Crippen molar-refractivity contribution in [3.8, 4) is 0 Å². The van der Waals surface area contributed by atoms with Crippen molar-refractivity contribution >= 4 is 17.9 Å². The Morgan fingerprint density at radius 3 is 2.38 bits per heavy atom. The van der Waals surface area contributed by atoms with Gasteiger partial charge in [-0.1, -0.05) is 49.4 Å². The SMILES string of the molecule is CCCN(C)C(=O)c1c(C=O)cccc1N1CCN([C@H](C)c2ccccc2)CC1. The van der Waals surface area contributed by atoms with Gasteiger partial charge in [-0.3, -0.25) is 14.5 Å². The summed E-state index contributed by atoms with van der Waals surface area (Å²) in [5.41, 5.74) is 3.19. The Hall–Kier alpha value is -2.66. The second kappa shape index (κ2) is 9.70. The summed E-state index contributed by atoms with van der Waals surface area (Å²) >= 11 is 0. The molecule has 1 amide bonds. The highest BCUT2D eigenvalue weighted by atomic mass is 16.2. The van der Waals surface area contributed by atoms with E-state index in [1.54, 1.807) is 18.0 Å². The molecule has 1 aliphatic rings. The number of aldehydes is 1. The van der Waals surface area contributed by atoms with Crippen molar-refractivity contribution in [1.82, 2.24) is 9.80 Å². The van der Waals surface area contributed by atoms with E-state index in [-0.39, 0.29) is 5.91 Å². The van der Waals surface area contributed by atoms with Gasteiger partial charge in [0.25, 0.3) is 5.91 Å². The Labute approximate surface area is 173 Å². The number of hydrogen-bond acceptors (Lipinski definition) is 4. The van der Waals surface area contributed by atoms with E-state index < -0.39 is 0 Å². The quantitative estimate of drug-likeness (QED) is 0.670. The minimum absolute atomic E-state index is 0.0790. The van der Waals surface area contributed by atoms with Gasteiger partial charge in [-0.15, -0.1) is 0 Å². The number of benzene rings is 2. The third-order valence-corrected chi connectivity index (χ3v) is 5.81. The van der Waals surface area contributed by atoms with Gasteiger partial charge in [0.1, 0.15) is 0 Å². The molecule has 1 aliphatic heterocycles. The first kappa shape index (κ1) is 21.1. The Balaban J connectivity index is 1.78. The summed E-state index contributed by atoms with van der Waals surface area (Å²) in [6.07, 6.45) is 1.68. The minimum Gasteiger partial charge on any atom is -0.368 e. The molecule has 154 valence electrons. The predicted molar refractivity (Wildman–Crippen MR) is 118 cm³/mol. The molecule has 5 heteroatoms. The number of nitrogens with zero attached hydrogens (tertiary/aromatic N) is 3. The van der Waals surface area contributed by atoms with Crippen molar-refractivity contribution in [3.63, 3.8) is 0 Å². The number of anilines is 1. The summed E-state index contributed by atoms with van der Waals surface area (Å²) in [5.74, 6) is -0.0790. The average molecular weight is 394 g/mol. The summed E-state index contributed by atoms with van der Waals surface area (Å²) in [6, 6.07) is 16.5. The zero-order chi connectivity index (χ0) is 20.8. The van der Waals surface area contributed by atoms with Crippen LogP contribution in [0.4, 0.5) is 5.69 Å². The highest BCUT2D eigenvalue weighted by Crippen LogP contribution is 2.28. The fourth-order valence-electron chi connectivity index (χ4n) is 4.07. The lowest BCUT2D eigenvalue weighted by Gasteiger charge is -2.40. The van der Waals surface area contributed by atoms with Gasteiger partial charge in [0.15, 0.2) is 6.29 Å². The molecule has 0 aliphatic carbocycles. The Morgan fingerprint density at radius 2 is 1.76 bits per heavy atom. The lowest BCUT2D eigenvalue weighted by atomic mass is 10.0. The first-order chi connectivity index (χ1) is 14.1. The molecule has 0 unspecified atom stereocenters. The Kier molecular flexibility index (Phi) is 7.04. The van der Waals surface area contributed by atoms with Crippen LogP contribution in [0.2, 0.25) is 0 Å². The molecule has 5 nitrogen and oxygen atoms in total. The van der Waals surface area contributed by atoms with E-state index in [0.717, 1.165) is 44.6 Å². The molecule has 1 heterocycles. The maximum atomic E-state index is 13.1. The maximum absolute atomic E-state index is 13.1. The molecule has 0 aromatic heterocycles. The first-order valence-corrected chi connectivity index (χ1v) is 10.4. The number of carbonyl (C=O) groups is 2. The second-order valence-corrected chi connectivity index (χ2v) is 7.70. The van der Waals surface area contributed by atoms with Crippen LogP contribution in [-0.2, 0) is 0 Å². The fourth-order valence-corrected chi connectivity index (χ4v) is 4.07. The lowest BCUT2D eigenvalue weighted by molar-refractivity contribution is 0.0792. The topological polar surface area (TPSA) is 43.9 Å². The fraction of sp³-hybridized carbons (Fsp3) is 0.417. The van der Waals surface area contributed by atoms with Gasteiger partial charge in [0.05, 0.1) is 11.3 Å². The van der Waals surface area contributed by atoms with Gasteiger partial charge in [-0.25, -0.2) is 0 Å². The standard InChI is InChI=1S/C24H31N3O2/c1-4-13-25(3)24(29)23-21(18-28)11-8-12-22(23)27-16-14-26(15-17-27)19(2)20-9-6-5-7-10-20/h5-12,18-19H,4,13-17H2,1-3H3/t19-/m1/s1. The van der Waals surface area contributed by atoms with Crippen molar-refractivity contribution in [2.24, 2.45) is 0 Å².